The standard InChI is InChI=1S/C17H25NO3/c1-13(11-14-5-7-15(21-2)8-6-14)16(20)18-17(12-19)9-3-4-10-17/h5-8,13,19H,3-4,9-12H2,1-2H3,(H,18,20). The van der Waals surface area contributed by atoms with E-state index in [2.05, 4.69) is 5.32 Å². The molecule has 1 fully saturated rings. The van der Waals surface area contributed by atoms with Crippen LogP contribution in [0.2, 0.25) is 0 Å². The highest BCUT2D eigenvalue weighted by Gasteiger charge is 2.35. The summed E-state index contributed by atoms with van der Waals surface area (Å²) in [4.78, 5) is 12.3. The zero-order valence-electron chi connectivity index (χ0n) is 12.9. The molecule has 1 aromatic carbocycles. The highest BCUT2D eigenvalue weighted by atomic mass is 16.5. The van der Waals surface area contributed by atoms with Gasteiger partial charge in [0.1, 0.15) is 5.75 Å². The Morgan fingerprint density at radius 2 is 1.95 bits per heavy atom. The van der Waals surface area contributed by atoms with Crippen molar-refractivity contribution in [1.82, 2.24) is 5.32 Å². The van der Waals surface area contributed by atoms with E-state index in [0.29, 0.717) is 6.42 Å². The largest absolute Gasteiger partial charge is 0.497 e. The molecule has 116 valence electrons. The normalized spacial score (nSPS) is 18.2. The van der Waals surface area contributed by atoms with Crippen LogP contribution in [0.5, 0.6) is 5.75 Å². The monoisotopic (exact) mass is 291 g/mol. The van der Waals surface area contributed by atoms with Crippen LogP contribution in [0, 0.1) is 5.92 Å². The summed E-state index contributed by atoms with van der Waals surface area (Å²) in [5.41, 5.74) is 0.730. The van der Waals surface area contributed by atoms with E-state index in [0.717, 1.165) is 37.0 Å². The maximum absolute atomic E-state index is 12.3. The molecule has 1 unspecified atom stereocenters. The van der Waals surface area contributed by atoms with Gasteiger partial charge < -0.3 is 15.2 Å². The summed E-state index contributed by atoms with van der Waals surface area (Å²) in [5, 5.41) is 12.6. The van der Waals surface area contributed by atoms with Crippen molar-refractivity contribution in [3.63, 3.8) is 0 Å². The van der Waals surface area contributed by atoms with Crippen LogP contribution < -0.4 is 10.1 Å². The van der Waals surface area contributed by atoms with Gasteiger partial charge >= 0.3 is 0 Å². The van der Waals surface area contributed by atoms with Crippen LogP contribution in [-0.4, -0.2) is 30.3 Å². The molecule has 0 saturated heterocycles. The molecule has 0 radical (unpaired) electrons. The lowest BCUT2D eigenvalue weighted by atomic mass is 9.95. The van der Waals surface area contributed by atoms with Crippen molar-refractivity contribution in [2.45, 2.75) is 44.6 Å². The van der Waals surface area contributed by atoms with Crippen LogP contribution in [0.4, 0.5) is 0 Å². The maximum atomic E-state index is 12.3. The van der Waals surface area contributed by atoms with E-state index in [9.17, 15) is 9.90 Å². The summed E-state index contributed by atoms with van der Waals surface area (Å²) in [6.07, 6.45) is 4.60. The lowest BCUT2D eigenvalue weighted by molar-refractivity contribution is -0.127. The number of nitrogens with one attached hydrogen (secondary N) is 1. The third-order valence-electron chi connectivity index (χ3n) is 4.40. The number of rotatable bonds is 6. The molecule has 0 spiro atoms. The maximum Gasteiger partial charge on any atom is 0.223 e. The zero-order valence-corrected chi connectivity index (χ0v) is 12.9. The minimum atomic E-state index is -0.384. The molecule has 0 aromatic heterocycles. The second kappa shape index (κ2) is 6.94. The fourth-order valence-corrected chi connectivity index (χ4v) is 2.97. The fraction of sp³-hybridized carbons (Fsp3) is 0.588. The van der Waals surface area contributed by atoms with Crippen molar-refractivity contribution >= 4 is 5.91 Å². The van der Waals surface area contributed by atoms with E-state index in [4.69, 9.17) is 4.74 Å². The van der Waals surface area contributed by atoms with E-state index in [1.807, 2.05) is 31.2 Å². The second-order valence-corrected chi connectivity index (χ2v) is 6.09. The van der Waals surface area contributed by atoms with Crippen molar-refractivity contribution < 1.29 is 14.6 Å². The van der Waals surface area contributed by atoms with Crippen LogP contribution in [0.3, 0.4) is 0 Å². The van der Waals surface area contributed by atoms with E-state index in [1.54, 1.807) is 7.11 Å². The molecule has 4 nitrogen and oxygen atoms in total. The first kappa shape index (κ1) is 15.8. The number of methoxy groups -OCH3 is 1. The first-order valence-electron chi connectivity index (χ1n) is 7.64. The molecule has 0 heterocycles. The highest BCUT2D eigenvalue weighted by Crippen LogP contribution is 2.29. The summed E-state index contributed by atoms with van der Waals surface area (Å²) in [7, 11) is 1.64. The van der Waals surface area contributed by atoms with Gasteiger partial charge in [-0.2, -0.15) is 0 Å². The van der Waals surface area contributed by atoms with Crippen LogP contribution >= 0.6 is 0 Å². The zero-order chi connectivity index (χ0) is 15.3. The third-order valence-corrected chi connectivity index (χ3v) is 4.40. The Morgan fingerprint density at radius 3 is 2.48 bits per heavy atom. The van der Waals surface area contributed by atoms with Crippen LogP contribution in [0.25, 0.3) is 0 Å². The van der Waals surface area contributed by atoms with Gasteiger partial charge in [0, 0.05) is 5.92 Å². The topological polar surface area (TPSA) is 58.6 Å². The molecule has 0 aliphatic heterocycles. The van der Waals surface area contributed by atoms with Gasteiger partial charge in [0.2, 0.25) is 5.91 Å². The molecule has 2 N–H and O–H groups in total. The minimum absolute atomic E-state index is 0.0294. The van der Waals surface area contributed by atoms with Gasteiger partial charge in [-0.05, 0) is 37.0 Å². The van der Waals surface area contributed by atoms with Gasteiger partial charge in [-0.1, -0.05) is 31.9 Å². The van der Waals surface area contributed by atoms with Crippen LogP contribution in [0.15, 0.2) is 24.3 Å². The molecule has 1 saturated carbocycles. The Hall–Kier alpha value is -1.55. The predicted molar refractivity (Wildman–Crippen MR) is 82.3 cm³/mol. The lowest BCUT2D eigenvalue weighted by Crippen LogP contribution is -2.51. The molecule has 1 atom stereocenters. The summed E-state index contributed by atoms with van der Waals surface area (Å²) in [5.74, 6) is 0.741. The minimum Gasteiger partial charge on any atom is -0.497 e. The van der Waals surface area contributed by atoms with Gasteiger partial charge in [0.05, 0.1) is 19.3 Å². The molecular weight excluding hydrogens is 266 g/mol. The van der Waals surface area contributed by atoms with Gasteiger partial charge in [-0.3, -0.25) is 4.79 Å². The average molecular weight is 291 g/mol. The highest BCUT2D eigenvalue weighted by molar-refractivity contribution is 5.79. The van der Waals surface area contributed by atoms with Gasteiger partial charge in [0.15, 0.2) is 0 Å². The first-order chi connectivity index (χ1) is 10.1. The lowest BCUT2D eigenvalue weighted by Gasteiger charge is -2.29. The van der Waals surface area contributed by atoms with Crippen molar-refractivity contribution in [1.29, 1.82) is 0 Å². The molecule has 0 bridgehead atoms. The van der Waals surface area contributed by atoms with E-state index in [1.165, 1.54) is 0 Å². The first-order valence-corrected chi connectivity index (χ1v) is 7.64. The number of amides is 1. The van der Waals surface area contributed by atoms with Crippen molar-refractivity contribution in [2.24, 2.45) is 5.92 Å². The molecule has 1 amide bonds. The molecular formula is C17H25NO3. The molecule has 1 aromatic rings. The second-order valence-electron chi connectivity index (χ2n) is 6.09. The smallest absolute Gasteiger partial charge is 0.223 e. The number of aliphatic hydroxyl groups excluding tert-OH is 1. The number of carbonyl (C=O) groups is 1. The van der Waals surface area contributed by atoms with Crippen molar-refractivity contribution in [2.75, 3.05) is 13.7 Å². The number of hydrogen-bond donors (Lipinski definition) is 2. The number of carbonyl (C=O) groups excluding carboxylic acids is 1. The average Bonchev–Trinajstić information content (AvgIpc) is 2.97. The van der Waals surface area contributed by atoms with Gasteiger partial charge in [0.25, 0.3) is 0 Å². The summed E-state index contributed by atoms with van der Waals surface area (Å²) in [6, 6.07) is 7.79. The Labute approximate surface area is 126 Å². The Balaban J connectivity index is 1.92. The van der Waals surface area contributed by atoms with Gasteiger partial charge in [-0.15, -0.1) is 0 Å². The Morgan fingerprint density at radius 1 is 1.33 bits per heavy atom. The summed E-state index contributed by atoms with van der Waals surface area (Å²) >= 11 is 0. The van der Waals surface area contributed by atoms with Crippen molar-refractivity contribution in [3.05, 3.63) is 29.8 Å². The van der Waals surface area contributed by atoms with Crippen LogP contribution in [-0.2, 0) is 11.2 Å². The summed E-state index contributed by atoms with van der Waals surface area (Å²) in [6.45, 7) is 1.97. The molecule has 1 aliphatic carbocycles. The third kappa shape index (κ3) is 3.97. The Bertz CT molecular complexity index is 463. The predicted octanol–water partition coefficient (Wildman–Crippen LogP) is 2.30. The van der Waals surface area contributed by atoms with E-state index < -0.39 is 0 Å². The summed E-state index contributed by atoms with van der Waals surface area (Å²) < 4.78 is 5.13. The molecule has 21 heavy (non-hydrogen) atoms. The van der Waals surface area contributed by atoms with Gasteiger partial charge in [-0.25, -0.2) is 0 Å². The Kier molecular flexibility index (Phi) is 5.23. The van der Waals surface area contributed by atoms with E-state index >= 15 is 0 Å². The van der Waals surface area contributed by atoms with Crippen molar-refractivity contribution in [3.8, 4) is 5.75 Å². The van der Waals surface area contributed by atoms with E-state index in [-0.39, 0.29) is 24.0 Å². The quantitative estimate of drug-likeness (QED) is 0.845. The molecule has 4 heteroatoms. The fourth-order valence-electron chi connectivity index (χ4n) is 2.97. The number of ether oxygens (including phenoxy) is 1. The molecule has 1 aliphatic rings. The van der Waals surface area contributed by atoms with Crippen LogP contribution in [0.1, 0.15) is 38.2 Å². The number of aliphatic hydroxyl groups is 1. The SMILES string of the molecule is COc1ccc(CC(C)C(=O)NC2(CO)CCCC2)cc1. The molecule has 2 rings (SSSR count). The number of benzene rings is 1. The number of hydrogen-bond acceptors (Lipinski definition) is 3.